The van der Waals surface area contributed by atoms with E-state index in [4.69, 9.17) is 37.9 Å². The summed E-state index contributed by atoms with van der Waals surface area (Å²) in [6.07, 6.45) is 4.46. The highest BCUT2D eigenvalue weighted by Crippen LogP contribution is 2.29. The van der Waals surface area contributed by atoms with E-state index in [2.05, 4.69) is 25.7 Å². The highest BCUT2D eigenvalue weighted by molar-refractivity contribution is 4.93. The summed E-state index contributed by atoms with van der Waals surface area (Å²) in [6.45, 7) is 14.4. The molecule has 9 heteroatoms. The zero-order valence-corrected chi connectivity index (χ0v) is 23.3. The third-order valence-corrected chi connectivity index (χ3v) is 6.56. The largest absolute Gasteiger partial charge is 0.379 e. The standard InChI is InChI=1S/C27H53NO8/c1-5-8-11-28-12-16-30-18-20-34-25-24(33-15-10-7-3)23(22-32-14-9-6-2)36-27(29-4)26(25)35-21-19-31-17-13-28/h23-27H,5-22H2,1-4H3/t23-,24-,25+,26-,27+/m1/s1. The van der Waals surface area contributed by atoms with E-state index in [0.29, 0.717) is 59.5 Å². The molecule has 2 heterocycles. The summed E-state index contributed by atoms with van der Waals surface area (Å²) in [4.78, 5) is 2.40. The molecule has 0 aromatic heterocycles. The van der Waals surface area contributed by atoms with Crippen LogP contribution in [-0.2, 0) is 37.9 Å². The molecule has 0 aliphatic carbocycles. The Kier molecular flexibility index (Phi) is 18.2. The number of rotatable bonds is 13. The lowest BCUT2D eigenvalue weighted by Gasteiger charge is -2.45. The van der Waals surface area contributed by atoms with Crippen LogP contribution in [0.5, 0.6) is 0 Å². The molecule has 2 fully saturated rings. The number of fused-ring (bicyclic) bond motifs is 1. The minimum atomic E-state index is -0.582. The van der Waals surface area contributed by atoms with Gasteiger partial charge in [0, 0.05) is 33.4 Å². The summed E-state index contributed by atoms with van der Waals surface area (Å²) >= 11 is 0. The first-order valence-corrected chi connectivity index (χ1v) is 14.2. The van der Waals surface area contributed by atoms with Gasteiger partial charge in [0.25, 0.3) is 0 Å². The fraction of sp³-hybridized carbons (Fsp3) is 1.00. The predicted octanol–water partition coefficient (Wildman–Crippen LogP) is 3.28. The van der Waals surface area contributed by atoms with Gasteiger partial charge in [-0.25, -0.2) is 0 Å². The molecule has 0 radical (unpaired) electrons. The molecule has 0 bridgehead atoms. The summed E-state index contributed by atoms with van der Waals surface area (Å²) in [5.74, 6) is 0. The number of unbranched alkanes of at least 4 members (excludes halogenated alkanes) is 3. The van der Waals surface area contributed by atoms with E-state index in [9.17, 15) is 0 Å². The molecule has 0 N–H and O–H groups in total. The normalized spacial score (nSPS) is 29.8. The molecule has 2 saturated heterocycles. The summed E-state index contributed by atoms with van der Waals surface area (Å²) in [5, 5.41) is 0. The Bertz CT molecular complexity index is 514. The van der Waals surface area contributed by atoms with Crippen molar-refractivity contribution in [3.05, 3.63) is 0 Å². The highest BCUT2D eigenvalue weighted by Gasteiger charge is 2.48. The van der Waals surface area contributed by atoms with Crippen LogP contribution in [-0.4, -0.2) is 122 Å². The van der Waals surface area contributed by atoms with Crippen LogP contribution >= 0.6 is 0 Å². The fourth-order valence-corrected chi connectivity index (χ4v) is 4.37. The molecule has 214 valence electrons. The summed E-state index contributed by atoms with van der Waals surface area (Å²) < 4.78 is 48.8. The molecule has 0 unspecified atom stereocenters. The average molecular weight is 520 g/mol. The van der Waals surface area contributed by atoms with Crippen molar-refractivity contribution in [2.75, 3.05) is 86.2 Å². The van der Waals surface area contributed by atoms with Crippen molar-refractivity contribution in [1.82, 2.24) is 4.90 Å². The monoisotopic (exact) mass is 519 g/mol. The molecule has 0 aromatic carbocycles. The Morgan fingerprint density at radius 1 is 0.750 bits per heavy atom. The lowest BCUT2D eigenvalue weighted by molar-refractivity contribution is -0.319. The topological polar surface area (TPSA) is 77.1 Å². The smallest absolute Gasteiger partial charge is 0.186 e. The molecule has 0 spiro atoms. The minimum absolute atomic E-state index is 0.306. The number of hydrogen-bond acceptors (Lipinski definition) is 9. The van der Waals surface area contributed by atoms with E-state index in [0.717, 1.165) is 45.3 Å². The molecule has 2 aliphatic rings. The van der Waals surface area contributed by atoms with Crippen LogP contribution < -0.4 is 0 Å². The lowest BCUT2D eigenvalue weighted by atomic mass is 9.98. The Balaban J connectivity index is 2.08. The molecular formula is C27H53NO8. The van der Waals surface area contributed by atoms with Gasteiger partial charge in [-0.15, -0.1) is 0 Å². The molecule has 0 amide bonds. The average Bonchev–Trinajstić information content (AvgIpc) is 2.90. The van der Waals surface area contributed by atoms with Gasteiger partial charge in [-0.2, -0.15) is 0 Å². The Hall–Kier alpha value is -0.360. The van der Waals surface area contributed by atoms with E-state index in [1.165, 1.54) is 12.8 Å². The van der Waals surface area contributed by atoms with Crippen LogP contribution in [0.2, 0.25) is 0 Å². The Morgan fingerprint density at radius 2 is 1.39 bits per heavy atom. The van der Waals surface area contributed by atoms with Crippen molar-refractivity contribution >= 4 is 0 Å². The fourth-order valence-electron chi connectivity index (χ4n) is 4.37. The van der Waals surface area contributed by atoms with Gasteiger partial charge >= 0.3 is 0 Å². The molecule has 9 nitrogen and oxygen atoms in total. The first-order valence-electron chi connectivity index (χ1n) is 14.2. The second-order valence-electron chi connectivity index (χ2n) is 9.49. The van der Waals surface area contributed by atoms with Gasteiger partial charge in [-0.3, -0.25) is 4.90 Å². The van der Waals surface area contributed by atoms with Gasteiger partial charge in [0.05, 0.1) is 46.2 Å². The first-order chi connectivity index (χ1) is 17.7. The number of hydrogen-bond donors (Lipinski definition) is 0. The minimum Gasteiger partial charge on any atom is -0.379 e. The van der Waals surface area contributed by atoms with Gasteiger partial charge in [-0.05, 0) is 25.8 Å². The van der Waals surface area contributed by atoms with Crippen molar-refractivity contribution in [2.45, 2.75) is 90.0 Å². The number of methoxy groups -OCH3 is 1. The molecular weight excluding hydrogens is 466 g/mol. The van der Waals surface area contributed by atoms with Crippen LogP contribution in [0.15, 0.2) is 0 Å². The third kappa shape index (κ3) is 12.0. The van der Waals surface area contributed by atoms with Crippen LogP contribution in [0.1, 0.15) is 59.3 Å². The van der Waals surface area contributed by atoms with Crippen molar-refractivity contribution in [3.8, 4) is 0 Å². The van der Waals surface area contributed by atoms with Crippen LogP contribution in [0.4, 0.5) is 0 Å². The van der Waals surface area contributed by atoms with Crippen molar-refractivity contribution in [2.24, 2.45) is 0 Å². The molecule has 2 aliphatic heterocycles. The predicted molar refractivity (Wildman–Crippen MR) is 139 cm³/mol. The van der Waals surface area contributed by atoms with Crippen LogP contribution in [0, 0.1) is 0 Å². The summed E-state index contributed by atoms with van der Waals surface area (Å²) in [5.41, 5.74) is 0. The lowest BCUT2D eigenvalue weighted by Crippen LogP contribution is -2.62. The SMILES string of the molecule is CCCCOC[C@H]1O[C@H](OC)[C@@H]2OCCOCCN(CCCC)CCOCCO[C@H]2[C@@H]1OCCCC. The molecule has 0 aromatic rings. The van der Waals surface area contributed by atoms with Gasteiger partial charge in [-0.1, -0.05) is 40.0 Å². The molecule has 2 rings (SSSR count). The Labute approximate surface area is 219 Å². The number of ether oxygens (including phenoxy) is 8. The molecule has 5 atom stereocenters. The zero-order valence-electron chi connectivity index (χ0n) is 23.3. The third-order valence-electron chi connectivity index (χ3n) is 6.56. The zero-order chi connectivity index (χ0) is 25.8. The maximum atomic E-state index is 6.40. The summed E-state index contributed by atoms with van der Waals surface area (Å²) in [7, 11) is 1.64. The second kappa shape index (κ2) is 20.6. The number of nitrogens with zero attached hydrogens (tertiary/aromatic N) is 1. The van der Waals surface area contributed by atoms with Gasteiger partial charge in [0.2, 0.25) is 0 Å². The van der Waals surface area contributed by atoms with Gasteiger partial charge < -0.3 is 37.9 Å². The highest BCUT2D eigenvalue weighted by atomic mass is 16.7. The quantitative estimate of drug-likeness (QED) is 0.341. The first kappa shape index (κ1) is 31.9. The molecule has 36 heavy (non-hydrogen) atoms. The van der Waals surface area contributed by atoms with Crippen molar-refractivity contribution < 1.29 is 37.9 Å². The van der Waals surface area contributed by atoms with E-state index < -0.39 is 12.4 Å². The maximum Gasteiger partial charge on any atom is 0.186 e. The van der Waals surface area contributed by atoms with Gasteiger partial charge in [0.1, 0.15) is 24.4 Å². The van der Waals surface area contributed by atoms with Crippen molar-refractivity contribution in [1.29, 1.82) is 0 Å². The van der Waals surface area contributed by atoms with E-state index in [1.807, 2.05) is 0 Å². The van der Waals surface area contributed by atoms with Crippen LogP contribution in [0.25, 0.3) is 0 Å². The van der Waals surface area contributed by atoms with E-state index in [1.54, 1.807) is 7.11 Å². The second-order valence-corrected chi connectivity index (χ2v) is 9.49. The summed E-state index contributed by atoms with van der Waals surface area (Å²) in [6, 6.07) is 0. The molecule has 0 saturated carbocycles. The van der Waals surface area contributed by atoms with E-state index >= 15 is 0 Å². The maximum absolute atomic E-state index is 6.40. The van der Waals surface area contributed by atoms with E-state index in [-0.39, 0.29) is 18.3 Å². The van der Waals surface area contributed by atoms with Crippen LogP contribution in [0.3, 0.4) is 0 Å². The van der Waals surface area contributed by atoms with Gasteiger partial charge in [0.15, 0.2) is 6.29 Å². The van der Waals surface area contributed by atoms with Crippen molar-refractivity contribution in [3.63, 3.8) is 0 Å². The Morgan fingerprint density at radius 3 is 2.03 bits per heavy atom.